The lowest BCUT2D eigenvalue weighted by atomic mass is 9.34. The van der Waals surface area contributed by atoms with Gasteiger partial charge < -0.3 is 0 Å². The van der Waals surface area contributed by atoms with E-state index in [9.17, 15) is 0 Å². The maximum atomic E-state index is 4.64. The summed E-state index contributed by atoms with van der Waals surface area (Å²) in [5, 5.41) is 0. The average Bonchev–Trinajstić information content (AvgIpc) is 3.01. The second-order valence-electron chi connectivity index (χ2n) is 12.0. The molecule has 0 aliphatic heterocycles. The van der Waals surface area contributed by atoms with E-state index in [1.54, 1.807) is 12.5 Å². The summed E-state index contributed by atoms with van der Waals surface area (Å²) in [5.74, 6) is 0.826. The molecular weight excluding hydrogens is 533 g/mol. The number of hydrogen-bond acceptors (Lipinski definition) is 3. The van der Waals surface area contributed by atoms with E-state index in [2.05, 4.69) is 153 Å². The number of aryl methyl sites for hydroxylation is 6. The van der Waals surface area contributed by atoms with E-state index in [0.29, 0.717) is 0 Å². The van der Waals surface area contributed by atoms with Crippen LogP contribution in [0.15, 0.2) is 122 Å². The van der Waals surface area contributed by atoms with Crippen LogP contribution in [0, 0.1) is 41.5 Å². The van der Waals surface area contributed by atoms with Crippen LogP contribution in [0.5, 0.6) is 0 Å². The summed E-state index contributed by atoms with van der Waals surface area (Å²) in [4.78, 5) is 11.0. The first-order valence-corrected chi connectivity index (χ1v) is 15.3. The van der Waals surface area contributed by atoms with Crippen molar-refractivity contribution in [2.24, 2.45) is 0 Å². The van der Waals surface area contributed by atoms with E-state index in [1.807, 2.05) is 12.1 Å². The first-order valence-electron chi connectivity index (χ1n) is 15.3. The smallest absolute Gasteiger partial charge is 0.242 e. The molecule has 0 aliphatic rings. The summed E-state index contributed by atoms with van der Waals surface area (Å²) in [6.45, 7) is 13.5. The summed E-state index contributed by atoms with van der Waals surface area (Å²) in [6.07, 6.45) is 3.40. The summed E-state index contributed by atoms with van der Waals surface area (Å²) in [5.41, 5.74) is 16.5. The van der Waals surface area contributed by atoms with Gasteiger partial charge in [0.05, 0.1) is 0 Å². The number of hydrogen-bond donors (Lipinski definition) is 0. The molecule has 0 fully saturated rings. The number of benzene rings is 5. The molecule has 4 heteroatoms. The highest BCUT2D eigenvalue weighted by Gasteiger charge is 2.28. The Morgan fingerprint density at radius 1 is 0.523 bits per heavy atom. The van der Waals surface area contributed by atoms with Crippen molar-refractivity contribution in [3.05, 3.63) is 155 Å². The zero-order valence-corrected chi connectivity index (χ0v) is 26.5. The second-order valence-corrected chi connectivity index (χ2v) is 12.0. The van der Waals surface area contributed by atoms with Crippen molar-refractivity contribution < 1.29 is 0 Å². The van der Waals surface area contributed by atoms with E-state index in [4.69, 9.17) is 0 Å². The number of anilines is 3. The van der Waals surface area contributed by atoms with Crippen LogP contribution < -0.4 is 21.3 Å². The van der Waals surface area contributed by atoms with E-state index in [0.717, 1.165) is 17.2 Å². The first-order chi connectivity index (χ1) is 21.3. The summed E-state index contributed by atoms with van der Waals surface area (Å²) in [6, 6.07) is 39.4. The van der Waals surface area contributed by atoms with Gasteiger partial charge in [0.2, 0.25) is 6.71 Å². The van der Waals surface area contributed by atoms with Crippen molar-refractivity contribution in [1.29, 1.82) is 0 Å². The molecule has 0 N–H and O–H groups in total. The standard InChI is InChI=1S/C40H38BN3/c1-27-22-29(3)39(30(4)23-27)41(40-31(5)24-28(2)25-32(40)6)35-14-18-37(19-15-35)44(38-20-21-42-26-43-38)36-16-12-34(13-17-36)33-10-8-7-9-11-33/h7-26H,1-6H3. The van der Waals surface area contributed by atoms with Crippen LogP contribution >= 0.6 is 0 Å². The van der Waals surface area contributed by atoms with Crippen LogP contribution in [-0.4, -0.2) is 16.7 Å². The lowest BCUT2D eigenvalue weighted by molar-refractivity contribution is 1.11. The Labute approximate surface area is 262 Å². The quantitative estimate of drug-likeness (QED) is 0.182. The average molecular weight is 572 g/mol. The zero-order valence-electron chi connectivity index (χ0n) is 26.5. The van der Waals surface area contributed by atoms with E-state index in [1.165, 1.54) is 60.9 Å². The Morgan fingerprint density at radius 3 is 1.48 bits per heavy atom. The molecule has 5 aromatic carbocycles. The maximum absolute atomic E-state index is 4.64. The molecule has 0 saturated heterocycles. The van der Waals surface area contributed by atoms with Gasteiger partial charge in [-0.2, -0.15) is 0 Å². The van der Waals surface area contributed by atoms with Gasteiger partial charge in [0.1, 0.15) is 12.1 Å². The van der Waals surface area contributed by atoms with Crippen molar-refractivity contribution in [3.8, 4) is 11.1 Å². The Hall–Kier alpha value is -4.96. The van der Waals surface area contributed by atoms with Gasteiger partial charge in [-0.15, -0.1) is 0 Å². The monoisotopic (exact) mass is 571 g/mol. The summed E-state index contributed by atoms with van der Waals surface area (Å²) < 4.78 is 0. The first kappa shape index (κ1) is 29.1. The van der Waals surface area contributed by atoms with Crippen molar-refractivity contribution >= 4 is 40.3 Å². The van der Waals surface area contributed by atoms with Gasteiger partial charge in [-0.25, -0.2) is 9.97 Å². The van der Waals surface area contributed by atoms with Gasteiger partial charge in [0.15, 0.2) is 0 Å². The molecule has 216 valence electrons. The van der Waals surface area contributed by atoms with Crippen molar-refractivity contribution in [1.82, 2.24) is 9.97 Å². The molecule has 1 aromatic heterocycles. The van der Waals surface area contributed by atoms with Crippen LogP contribution in [0.2, 0.25) is 0 Å². The fraction of sp³-hybridized carbons (Fsp3) is 0.150. The molecule has 44 heavy (non-hydrogen) atoms. The van der Waals surface area contributed by atoms with Gasteiger partial charge in [0, 0.05) is 17.6 Å². The van der Waals surface area contributed by atoms with Crippen LogP contribution in [0.25, 0.3) is 11.1 Å². The van der Waals surface area contributed by atoms with Gasteiger partial charge >= 0.3 is 0 Å². The van der Waals surface area contributed by atoms with Crippen LogP contribution in [0.4, 0.5) is 17.2 Å². The highest BCUT2D eigenvalue weighted by Crippen LogP contribution is 2.34. The third-order valence-electron chi connectivity index (χ3n) is 8.57. The van der Waals surface area contributed by atoms with Crippen molar-refractivity contribution in [3.63, 3.8) is 0 Å². The van der Waals surface area contributed by atoms with Crippen molar-refractivity contribution in [2.75, 3.05) is 4.90 Å². The van der Waals surface area contributed by atoms with E-state index < -0.39 is 0 Å². The minimum absolute atomic E-state index is 0.128. The maximum Gasteiger partial charge on any atom is 0.242 e. The fourth-order valence-corrected chi connectivity index (χ4v) is 6.85. The molecule has 0 amide bonds. The number of aromatic nitrogens is 2. The molecule has 0 radical (unpaired) electrons. The van der Waals surface area contributed by atoms with Crippen LogP contribution in [0.3, 0.4) is 0 Å². The minimum atomic E-state index is 0.128. The highest BCUT2D eigenvalue weighted by atomic mass is 15.2. The van der Waals surface area contributed by atoms with Crippen LogP contribution in [0.1, 0.15) is 33.4 Å². The molecule has 0 saturated carbocycles. The van der Waals surface area contributed by atoms with Crippen LogP contribution in [-0.2, 0) is 0 Å². The molecule has 0 aliphatic carbocycles. The predicted molar refractivity (Wildman–Crippen MR) is 188 cm³/mol. The third-order valence-corrected chi connectivity index (χ3v) is 8.57. The van der Waals surface area contributed by atoms with Gasteiger partial charge in [-0.3, -0.25) is 4.90 Å². The van der Waals surface area contributed by atoms with Gasteiger partial charge in [0.25, 0.3) is 0 Å². The molecule has 1 heterocycles. The number of nitrogens with zero attached hydrogens (tertiary/aromatic N) is 3. The van der Waals surface area contributed by atoms with E-state index >= 15 is 0 Å². The molecule has 0 atom stereocenters. The SMILES string of the molecule is Cc1cc(C)c(B(c2ccc(N(c3ccc(-c4ccccc4)cc3)c3ccncn3)cc2)c2c(C)cc(C)cc2C)c(C)c1. The topological polar surface area (TPSA) is 29.0 Å². The second kappa shape index (κ2) is 12.3. The molecule has 0 bridgehead atoms. The normalized spacial score (nSPS) is 11.0. The molecule has 6 rings (SSSR count). The van der Waals surface area contributed by atoms with Gasteiger partial charge in [-0.05, 0) is 83.0 Å². The molecular formula is C40H38BN3. The Morgan fingerprint density at radius 2 is 1.00 bits per heavy atom. The lowest BCUT2D eigenvalue weighted by Crippen LogP contribution is -2.55. The zero-order chi connectivity index (χ0) is 30.8. The van der Waals surface area contributed by atoms with E-state index in [-0.39, 0.29) is 6.71 Å². The fourth-order valence-electron chi connectivity index (χ4n) is 6.85. The lowest BCUT2D eigenvalue weighted by Gasteiger charge is -2.27. The Balaban J connectivity index is 1.46. The predicted octanol–water partition coefficient (Wildman–Crippen LogP) is 7.98. The molecule has 3 nitrogen and oxygen atoms in total. The number of rotatable bonds is 7. The summed E-state index contributed by atoms with van der Waals surface area (Å²) in [7, 11) is 0. The third kappa shape index (κ3) is 5.81. The molecule has 0 spiro atoms. The van der Waals surface area contributed by atoms with Gasteiger partial charge in [-0.1, -0.05) is 129 Å². The largest absolute Gasteiger partial charge is 0.295 e. The molecule has 6 aromatic rings. The molecule has 0 unspecified atom stereocenters. The Bertz CT molecular complexity index is 1790. The van der Waals surface area contributed by atoms with Crippen molar-refractivity contribution in [2.45, 2.75) is 41.5 Å². The summed E-state index contributed by atoms with van der Waals surface area (Å²) >= 11 is 0. The highest BCUT2D eigenvalue weighted by molar-refractivity contribution is 6.96. The Kier molecular flexibility index (Phi) is 8.17. The minimum Gasteiger partial charge on any atom is -0.295 e.